The number of ketones is 1. The minimum absolute atomic E-state index is 0.0339. The second-order valence-electron chi connectivity index (χ2n) is 8.44. The van der Waals surface area contributed by atoms with Crippen LogP contribution in [0.4, 0.5) is 0 Å². The van der Waals surface area contributed by atoms with Gasteiger partial charge in [-0.15, -0.1) is 0 Å². The van der Waals surface area contributed by atoms with Gasteiger partial charge in [-0.05, 0) is 55.9 Å². The lowest BCUT2D eigenvalue weighted by atomic mass is 10.1. The highest BCUT2D eigenvalue weighted by Crippen LogP contribution is 2.14. The first kappa shape index (κ1) is 22.9. The molecule has 0 bridgehead atoms. The molecule has 0 aliphatic heterocycles. The molecule has 0 aliphatic rings. The lowest BCUT2D eigenvalue weighted by Gasteiger charge is -2.14. The van der Waals surface area contributed by atoms with Crippen LogP contribution in [0.2, 0.25) is 0 Å². The Morgan fingerprint density at radius 1 is 0.935 bits per heavy atom. The highest BCUT2D eigenvalue weighted by Gasteiger charge is 2.12. The number of unbranched alkanes of at least 4 members (excludes halogenated alkanes) is 3. The Morgan fingerprint density at radius 2 is 1.68 bits per heavy atom. The Bertz CT molecular complexity index is 1050. The Morgan fingerprint density at radius 3 is 2.42 bits per heavy atom. The number of fused-ring (bicyclic) bond motifs is 1. The first-order valence-electron chi connectivity index (χ1n) is 11.6. The van der Waals surface area contributed by atoms with Crippen LogP contribution < -0.4 is 5.56 Å². The lowest BCUT2D eigenvalue weighted by Crippen LogP contribution is -2.26. The van der Waals surface area contributed by atoms with Gasteiger partial charge in [-0.2, -0.15) is 0 Å². The molecular formula is C27H34N2O2. The van der Waals surface area contributed by atoms with Crippen molar-refractivity contribution < 1.29 is 4.79 Å². The summed E-state index contributed by atoms with van der Waals surface area (Å²) in [4.78, 5) is 30.2. The molecule has 3 aromatic rings. The summed E-state index contributed by atoms with van der Waals surface area (Å²) < 4.78 is 1.84. The number of carbonyl (C=O) groups is 1. The van der Waals surface area contributed by atoms with Gasteiger partial charge in [-0.3, -0.25) is 14.2 Å². The summed E-state index contributed by atoms with van der Waals surface area (Å²) in [6, 6.07) is 16.1. The predicted molar refractivity (Wildman–Crippen MR) is 128 cm³/mol. The zero-order valence-corrected chi connectivity index (χ0v) is 18.9. The van der Waals surface area contributed by atoms with Gasteiger partial charge in [-0.25, -0.2) is 4.98 Å². The second-order valence-corrected chi connectivity index (χ2v) is 8.44. The van der Waals surface area contributed by atoms with Crippen molar-refractivity contribution in [3.05, 3.63) is 75.8 Å². The van der Waals surface area contributed by atoms with Gasteiger partial charge in [0.15, 0.2) is 0 Å². The molecule has 31 heavy (non-hydrogen) atoms. The largest absolute Gasteiger partial charge is 0.300 e. The number of rotatable bonds is 12. The van der Waals surface area contributed by atoms with Crippen LogP contribution in [0.1, 0.15) is 68.8 Å². The summed E-state index contributed by atoms with van der Waals surface area (Å²) in [5.74, 6) is 1.19. The summed E-state index contributed by atoms with van der Waals surface area (Å²) in [6.07, 6.45) is 7.83. The van der Waals surface area contributed by atoms with Gasteiger partial charge in [0.1, 0.15) is 11.6 Å². The van der Waals surface area contributed by atoms with Crippen molar-refractivity contribution in [2.75, 3.05) is 0 Å². The zero-order chi connectivity index (χ0) is 22.1. The van der Waals surface area contributed by atoms with E-state index in [1.54, 1.807) is 0 Å². The molecule has 4 nitrogen and oxygen atoms in total. The van der Waals surface area contributed by atoms with Crippen LogP contribution >= 0.6 is 0 Å². The number of hydrogen-bond donors (Lipinski definition) is 0. The maximum atomic E-state index is 13.2. The standard InChI is InChI=1S/C27H34N2O2/c1-3-4-6-13-23(30)14-9-10-15-26-28-25-20-21(2)16-17-24(25)27(31)29(26)19-18-22-11-7-5-8-12-22/h5,7-8,11-12,16-17,20H,3-4,6,9-10,13-15,18-19H2,1-2H3. The fourth-order valence-corrected chi connectivity index (χ4v) is 3.99. The van der Waals surface area contributed by atoms with Gasteiger partial charge in [0, 0.05) is 25.8 Å². The van der Waals surface area contributed by atoms with Crippen molar-refractivity contribution in [1.29, 1.82) is 0 Å². The highest BCUT2D eigenvalue weighted by atomic mass is 16.1. The molecule has 1 aromatic heterocycles. The van der Waals surface area contributed by atoms with E-state index >= 15 is 0 Å². The van der Waals surface area contributed by atoms with Crippen LogP contribution in [0.15, 0.2) is 53.3 Å². The van der Waals surface area contributed by atoms with E-state index in [4.69, 9.17) is 4.98 Å². The Balaban J connectivity index is 1.72. The molecule has 0 aliphatic carbocycles. The molecule has 0 saturated heterocycles. The first-order valence-corrected chi connectivity index (χ1v) is 11.6. The number of aromatic nitrogens is 2. The average Bonchev–Trinajstić information content (AvgIpc) is 2.77. The van der Waals surface area contributed by atoms with Crippen molar-refractivity contribution in [2.45, 2.75) is 78.2 Å². The van der Waals surface area contributed by atoms with E-state index in [0.717, 1.165) is 61.9 Å². The first-order chi connectivity index (χ1) is 15.1. The number of Topliss-reactive ketones (excluding diaryl/α,β-unsaturated/α-hetero) is 1. The van der Waals surface area contributed by atoms with Crippen LogP contribution in [0.25, 0.3) is 10.9 Å². The molecule has 0 saturated carbocycles. The van der Waals surface area contributed by atoms with E-state index in [1.807, 2.05) is 47.9 Å². The van der Waals surface area contributed by atoms with Crippen molar-refractivity contribution in [3.8, 4) is 0 Å². The number of hydrogen-bond acceptors (Lipinski definition) is 3. The van der Waals surface area contributed by atoms with Crippen LogP contribution in [0.5, 0.6) is 0 Å². The average molecular weight is 419 g/mol. The molecule has 2 aromatic carbocycles. The molecule has 1 heterocycles. The van der Waals surface area contributed by atoms with Gasteiger partial charge in [0.05, 0.1) is 10.9 Å². The number of aryl methyl sites for hydroxylation is 3. The Kier molecular flexibility index (Phi) is 8.57. The number of carbonyl (C=O) groups excluding carboxylic acids is 1. The topological polar surface area (TPSA) is 52.0 Å². The van der Waals surface area contributed by atoms with Crippen molar-refractivity contribution in [1.82, 2.24) is 9.55 Å². The summed E-state index contributed by atoms with van der Waals surface area (Å²) in [6.45, 7) is 4.79. The zero-order valence-electron chi connectivity index (χ0n) is 18.9. The summed E-state index contributed by atoms with van der Waals surface area (Å²) in [5.41, 5.74) is 3.12. The fourth-order valence-electron chi connectivity index (χ4n) is 3.99. The molecule has 0 N–H and O–H groups in total. The van der Waals surface area contributed by atoms with E-state index in [0.29, 0.717) is 30.6 Å². The molecule has 0 spiro atoms. The minimum Gasteiger partial charge on any atom is -0.300 e. The third-order valence-electron chi connectivity index (χ3n) is 5.82. The van der Waals surface area contributed by atoms with Gasteiger partial charge in [0.25, 0.3) is 5.56 Å². The summed E-state index contributed by atoms with van der Waals surface area (Å²) in [7, 11) is 0. The maximum absolute atomic E-state index is 13.2. The second kappa shape index (κ2) is 11.6. The predicted octanol–water partition coefficient (Wildman–Crippen LogP) is 5.81. The molecule has 0 amide bonds. The van der Waals surface area contributed by atoms with Crippen LogP contribution in [-0.2, 0) is 24.2 Å². The molecule has 0 fully saturated rings. The molecule has 0 unspecified atom stereocenters. The SMILES string of the molecule is CCCCCC(=O)CCCCc1nc2cc(C)ccc2c(=O)n1CCc1ccccc1. The number of benzene rings is 2. The normalized spacial score (nSPS) is 11.2. The monoisotopic (exact) mass is 418 g/mol. The van der Waals surface area contributed by atoms with Crippen LogP contribution in [-0.4, -0.2) is 15.3 Å². The van der Waals surface area contributed by atoms with E-state index in [2.05, 4.69) is 19.1 Å². The third kappa shape index (κ3) is 6.61. The molecule has 164 valence electrons. The van der Waals surface area contributed by atoms with Crippen molar-refractivity contribution in [2.24, 2.45) is 0 Å². The quantitative estimate of drug-likeness (QED) is 0.349. The van der Waals surface area contributed by atoms with E-state index in [1.165, 1.54) is 5.56 Å². The van der Waals surface area contributed by atoms with Crippen LogP contribution in [0, 0.1) is 6.92 Å². The van der Waals surface area contributed by atoms with Crippen LogP contribution in [0.3, 0.4) is 0 Å². The van der Waals surface area contributed by atoms with Gasteiger partial charge >= 0.3 is 0 Å². The van der Waals surface area contributed by atoms with E-state index in [-0.39, 0.29) is 5.56 Å². The van der Waals surface area contributed by atoms with Gasteiger partial charge < -0.3 is 0 Å². The number of nitrogens with zero attached hydrogens (tertiary/aromatic N) is 2. The molecule has 0 atom stereocenters. The Labute approximate surface area is 185 Å². The molecule has 4 heteroatoms. The third-order valence-corrected chi connectivity index (χ3v) is 5.82. The van der Waals surface area contributed by atoms with Crippen molar-refractivity contribution >= 4 is 16.7 Å². The van der Waals surface area contributed by atoms with E-state index < -0.39 is 0 Å². The van der Waals surface area contributed by atoms with Crippen molar-refractivity contribution in [3.63, 3.8) is 0 Å². The van der Waals surface area contributed by atoms with Gasteiger partial charge in [0.2, 0.25) is 0 Å². The smallest absolute Gasteiger partial charge is 0.261 e. The summed E-state index contributed by atoms with van der Waals surface area (Å²) >= 11 is 0. The van der Waals surface area contributed by atoms with Gasteiger partial charge in [-0.1, -0.05) is 56.2 Å². The fraction of sp³-hybridized carbons (Fsp3) is 0.444. The maximum Gasteiger partial charge on any atom is 0.261 e. The minimum atomic E-state index is 0.0339. The Hall–Kier alpha value is -2.75. The lowest BCUT2D eigenvalue weighted by molar-refractivity contribution is -0.119. The van der Waals surface area contributed by atoms with E-state index in [9.17, 15) is 9.59 Å². The highest BCUT2D eigenvalue weighted by molar-refractivity contribution is 5.78. The summed E-state index contributed by atoms with van der Waals surface area (Å²) in [5, 5.41) is 0.675. The molecular weight excluding hydrogens is 384 g/mol. The molecule has 0 radical (unpaired) electrons. The molecule has 3 rings (SSSR count).